The van der Waals surface area contributed by atoms with Gasteiger partial charge in [-0.15, -0.1) is 0 Å². The van der Waals surface area contributed by atoms with Crippen molar-refractivity contribution in [2.45, 2.75) is 27.7 Å². The molecule has 0 unspecified atom stereocenters. The summed E-state index contributed by atoms with van der Waals surface area (Å²) in [6.45, 7) is 8.75. The first-order valence-electron chi connectivity index (χ1n) is 10.8. The van der Waals surface area contributed by atoms with Gasteiger partial charge in [-0.25, -0.2) is 0 Å². The molecule has 3 rings (SSSR count). The lowest BCUT2D eigenvalue weighted by atomic mass is 10.1. The topological polar surface area (TPSA) is 107 Å². The van der Waals surface area contributed by atoms with Crippen molar-refractivity contribution in [3.05, 3.63) is 70.5 Å². The Kier molecular flexibility index (Phi) is 8.30. The number of carbonyl (C=O) groups is 1. The highest BCUT2D eigenvalue weighted by Crippen LogP contribution is 2.29. The third-order valence-corrected chi connectivity index (χ3v) is 4.62. The van der Waals surface area contributed by atoms with Crippen molar-refractivity contribution in [1.82, 2.24) is 5.16 Å². The van der Waals surface area contributed by atoms with E-state index in [0.29, 0.717) is 42.6 Å². The predicted molar refractivity (Wildman–Crippen MR) is 128 cm³/mol. The summed E-state index contributed by atoms with van der Waals surface area (Å²) in [4.78, 5) is 12.4. The third-order valence-electron chi connectivity index (χ3n) is 4.62. The molecule has 0 radical (unpaired) electrons. The van der Waals surface area contributed by atoms with E-state index in [9.17, 15) is 10.1 Å². The van der Waals surface area contributed by atoms with Crippen LogP contribution in [0.4, 0.5) is 5.82 Å². The van der Waals surface area contributed by atoms with E-state index in [1.54, 1.807) is 31.2 Å². The summed E-state index contributed by atoms with van der Waals surface area (Å²) in [5.74, 6) is 2.06. The lowest BCUT2D eigenvalue weighted by Crippen LogP contribution is -2.13. The van der Waals surface area contributed by atoms with E-state index in [1.165, 1.54) is 6.08 Å². The summed E-state index contributed by atoms with van der Waals surface area (Å²) in [6.07, 6.45) is 1.47. The molecule has 8 heteroatoms. The van der Waals surface area contributed by atoms with Crippen LogP contribution < -0.4 is 19.5 Å². The number of rotatable bonds is 10. The van der Waals surface area contributed by atoms with Gasteiger partial charge in [-0.2, -0.15) is 5.26 Å². The highest BCUT2D eigenvalue weighted by Gasteiger charge is 2.13. The molecule has 3 aromatic rings. The van der Waals surface area contributed by atoms with Crippen LogP contribution in [0.3, 0.4) is 0 Å². The highest BCUT2D eigenvalue weighted by atomic mass is 16.5. The average molecular weight is 462 g/mol. The summed E-state index contributed by atoms with van der Waals surface area (Å²) in [5.41, 5.74) is 2.81. The fourth-order valence-electron chi connectivity index (χ4n) is 3.25. The van der Waals surface area contributed by atoms with Crippen LogP contribution in [0.2, 0.25) is 0 Å². The fraction of sp³-hybridized carbons (Fsp3) is 0.269. The molecule has 0 saturated carbocycles. The molecule has 8 nitrogen and oxygen atoms in total. The Morgan fingerprint density at radius 3 is 2.41 bits per heavy atom. The standard InChI is InChI=1S/C26H27N3O5/c1-5-31-24-15-20(14-21(16-27)26(30)28-25-13-19(4)34-29-25)6-7-23(24)33-9-8-32-22-11-17(2)10-18(3)12-22/h6-7,10-15H,5,8-9H2,1-4H3,(H,28,29,30)/b21-14-. The summed E-state index contributed by atoms with van der Waals surface area (Å²) in [6, 6.07) is 14.7. The van der Waals surface area contributed by atoms with E-state index in [2.05, 4.69) is 16.5 Å². The smallest absolute Gasteiger partial charge is 0.267 e. The molecule has 0 fully saturated rings. The molecule has 1 heterocycles. The summed E-state index contributed by atoms with van der Waals surface area (Å²) < 4.78 is 22.3. The maximum absolute atomic E-state index is 12.4. The number of nitriles is 1. The van der Waals surface area contributed by atoms with Gasteiger partial charge in [0.1, 0.15) is 36.4 Å². The normalized spacial score (nSPS) is 11.0. The van der Waals surface area contributed by atoms with Crippen molar-refractivity contribution < 1.29 is 23.5 Å². The molecule has 34 heavy (non-hydrogen) atoms. The van der Waals surface area contributed by atoms with Crippen LogP contribution in [0.25, 0.3) is 6.08 Å². The van der Waals surface area contributed by atoms with Crippen LogP contribution in [0, 0.1) is 32.1 Å². The van der Waals surface area contributed by atoms with Crippen LogP contribution in [0.15, 0.2) is 52.6 Å². The number of aromatic nitrogens is 1. The lowest BCUT2D eigenvalue weighted by molar-refractivity contribution is -0.112. The number of anilines is 1. The molecule has 1 N–H and O–H groups in total. The van der Waals surface area contributed by atoms with E-state index in [1.807, 2.05) is 39.0 Å². The number of hydrogen-bond acceptors (Lipinski definition) is 7. The van der Waals surface area contributed by atoms with Gasteiger partial charge in [0.2, 0.25) is 0 Å². The predicted octanol–water partition coefficient (Wildman–Crippen LogP) is 5.00. The van der Waals surface area contributed by atoms with Gasteiger partial charge < -0.3 is 24.1 Å². The van der Waals surface area contributed by atoms with Crippen molar-refractivity contribution in [3.8, 4) is 23.3 Å². The minimum atomic E-state index is -0.586. The number of ether oxygens (including phenoxy) is 3. The third kappa shape index (κ3) is 6.87. The maximum Gasteiger partial charge on any atom is 0.267 e. The number of nitrogens with one attached hydrogen (secondary N) is 1. The van der Waals surface area contributed by atoms with E-state index in [4.69, 9.17) is 18.7 Å². The zero-order chi connectivity index (χ0) is 24.5. The first-order valence-corrected chi connectivity index (χ1v) is 10.8. The van der Waals surface area contributed by atoms with Crippen molar-refractivity contribution in [1.29, 1.82) is 5.26 Å². The summed E-state index contributed by atoms with van der Waals surface area (Å²) in [7, 11) is 0. The molecule has 1 aromatic heterocycles. The molecule has 1 amide bonds. The van der Waals surface area contributed by atoms with Crippen LogP contribution in [0.1, 0.15) is 29.4 Å². The van der Waals surface area contributed by atoms with Crippen molar-refractivity contribution >= 4 is 17.8 Å². The highest BCUT2D eigenvalue weighted by molar-refractivity contribution is 6.09. The van der Waals surface area contributed by atoms with E-state index in [-0.39, 0.29) is 11.4 Å². The monoisotopic (exact) mass is 461 g/mol. The molecule has 0 bridgehead atoms. The van der Waals surface area contributed by atoms with Crippen molar-refractivity contribution in [2.75, 3.05) is 25.1 Å². The molecular weight excluding hydrogens is 434 g/mol. The van der Waals surface area contributed by atoms with E-state index >= 15 is 0 Å². The van der Waals surface area contributed by atoms with Gasteiger partial charge in [0, 0.05) is 6.07 Å². The first-order chi connectivity index (χ1) is 16.4. The average Bonchev–Trinajstić information content (AvgIpc) is 3.20. The number of aryl methyl sites for hydroxylation is 3. The van der Waals surface area contributed by atoms with Crippen LogP contribution in [-0.4, -0.2) is 30.9 Å². The Morgan fingerprint density at radius 1 is 1.03 bits per heavy atom. The minimum absolute atomic E-state index is 0.0846. The molecule has 0 aliphatic rings. The summed E-state index contributed by atoms with van der Waals surface area (Å²) in [5, 5.41) is 15.7. The Morgan fingerprint density at radius 2 is 1.76 bits per heavy atom. The Bertz CT molecular complexity index is 1200. The second kappa shape index (κ2) is 11.6. The zero-order valence-electron chi connectivity index (χ0n) is 19.7. The maximum atomic E-state index is 12.4. The molecule has 0 spiro atoms. The Labute approximate surface area is 198 Å². The van der Waals surface area contributed by atoms with E-state index < -0.39 is 5.91 Å². The first kappa shape index (κ1) is 24.4. The van der Waals surface area contributed by atoms with Gasteiger partial charge in [-0.1, -0.05) is 17.3 Å². The quantitative estimate of drug-likeness (QED) is 0.257. The van der Waals surface area contributed by atoms with Crippen molar-refractivity contribution in [3.63, 3.8) is 0 Å². The number of nitrogens with zero attached hydrogens (tertiary/aromatic N) is 2. The molecule has 0 aliphatic heterocycles. The van der Waals surface area contributed by atoms with Gasteiger partial charge in [0.15, 0.2) is 17.3 Å². The Balaban J connectivity index is 1.66. The molecule has 2 aromatic carbocycles. The molecule has 0 saturated heterocycles. The second-order valence-electron chi connectivity index (χ2n) is 7.61. The molecular formula is C26H27N3O5. The minimum Gasteiger partial charge on any atom is -0.490 e. The number of benzene rings is 2. The number of hydrogen-bond donors (Lipinski definition) is 1. The van der Waals surface area contributed by atoms with Gasteiger partial charge in [-0.05, 0) is 74.7 Å². The van der Waals surface area contributed by atoms with Crippen molar-refractivity contribution in [2.24, 2.45) is 0 Å². The fourth-order valence-corrected chi connectivity index (χ4v) is 3.25. The SMILES string of the molecule is CCOc1cc(/C=C(/C#N)C(=O)Nc2cc(C)on2)ccc1OCCOc1cc(C)cc(C)c1. The zero-order valence-corrected chi connectivity index (χ0v) is 19.7. The van der Waals surface area contributed by atoms with Gasteiger partial charge in [-0.3, -0.25) is 4.79 Å². The Hall–Kier alpha value is -4.25. The summed E-state index contributed by atoms with van der Waals surface area (Å²) >= 11 is 0. The number of carbonyl (C=O) groups excluding carboxylic acids is 1. The van der Waals surface area contributed by atoms with Crippen LogP contribution in [-0.2, 0) is 4.79 Å². The van der Waals surface area contributed by atoms with Gasteiger partial charge >= 0.3 is 0 Å². The van der Waals surface area contributed by atoms with Gasteiger partial charge in [0.05, 0.1) is 6.61 Å². The van der Waals surface area contributed by atoms with Gasteiger partial charge in [0.25, 0.3) is 5.91 Å². The molecule has 0 atom stereocenters. The largest absolute Gasteiger partial charge is 0.490 e. The lowest BCUT2D eigenvalue weighted by Gasteiger charge is -2.13. The van der Waals surface area contributed by atoms with Crippen LogP contribution in [0.5, 0.6) is 17.2 Å². The molecule has 0 aliphatic carbocycles. The number of amides is 1. The second-order valence-corrected chi connectivity index (χ2v) is 7.61. The van der Waals surface area contributed by atoms with Crippen LogP contribution >= 0.6 is 0 Å². The molecule has 176 valence electrons. The van der Waals surface area contributed by atoms with E-state index in [0.717, 1.165) is 16.9 Å².